The Bertz CT molecular complexity index is 1270. The molecule has 1 saturated heterocycles. The molecule has 194 valence electrons. The first kappa shape index (κ1) is 25.9. The van der Waals surface area contributed by atoms with Gasteiger partial charge in [-0.05, 0) is 56.4 Å². The van der Waals surface area contributed by atoms with E-state index in [1.165, 1.54) is 6.26 Å². The summed E-state index contributed by atoms with van der Waals surface area (Å²) >= 11 is 5.57. The van der Waals surface area contributed by atoms with Crippen molar-refractivity contribution in [1.29, 1.82) is 0 Å². The summed E-state index contributed by atoms with van der Waals surface area (Å²) in [6.45, 7) is 5.83. The number of ether oxygens (including phenoxy) is 2. The van der Waals surface area contributed by atoms with Gasteiger partial charge in [0.2, 0.25) is 17.0 Å². The predicted molar refractivity (Wildman–Crippen MR) is 145 cm³/mol. The van der Waals surface area contributed by atoms with Gasteiger partial charge in [-0.2, -0.15) is 4.99 Å². The number of rotatable bonds is 5. The molecular formula is C25H29N7O4S. The van der Waals surface area contributed by atoms with Gasteiger partial charge in [0.1, 0.15) is 11.5 Å². The number of carbonyl (C=O) groups is 1. The Morgan fingerprint density at radius 2 is 1.70 bits per heavy atom. The lowest BCUT2D eigenvalue weighted by Gasteiger charge is -2.36. The normalized spacial score (nSPS) is 13.8. The van der Waals surface area contributed by atoms with Crippen LogP contribution in [0.5, 0.6) is 11.5 Å². The Hall–Kier alpha value is -4.19. The van der Waals surface area contributed by atoms with Crippen LogP contribution in [-0.4, -0.2) is 77.1 Å². The summed E-state index contributed by atoms with van der Waals surface area (Å²) in [4.78, 5) is 30.1. The molecule has 4 rings (SSSR count). The Morgan fingerprint density at radius 3 is 2.32 bits per heavy atom. The zero-order chi connectivity index (χ0) is 26.4. The summed E-state index contributed by atoms with van der Waals surface area (Å²) in [5.41, 5.74) is 2.30. The van der Waals surface area contributed by atoms with E-state index in [0.717, 1.165) is 11.4 Å². The van der Waals surface area contributed by atoms with Crippen LogP contribution in [0.3, 0.4) is 0 Å². The average molecular weight is 524 g/mol. The fraction of sp³-hybridized carbons (Fsp3) is 0.320. The number of nitrogens with one attached hydrogen (secondary N) is 2. The molecule has 3 aromatic rings. The van der Waals surface area contributed by atoms with Gasteiger partial charge in [-0.25, -0.2) is 9.97 Å². The summed E-state index contributed by atoms with van der Waals surface area (Å²) in [6, 6.07) is 10.6. The second-order valence-electron chi connectivity index (χ2n) is 8.29. The standard InChI is InChI=1S/C25H29N7O4S/c1-16-14-17(2)27-23(26-16)29-24(30-25(37)28-19-8-7-18(34-3)15-21(19)35-4)32-11-9-31(10-12-32)22(33)20-6-5-13-36-20/h5-8,13-15H,9-12H2,1-4H3,(H2,26,27,28,29,30,37). The molecule has 0 unspecified atom stereocenters. The molecule has 0 saturated carbocycles. The van der Waals surface area contributed by atoms with Crippen LogP contribution in [0.15, 0.2) is 52.1 Å². The second-order valence-corrected chi connectivity index (χ2v) is 8.67. The zero-order valence-electron chi connectivity index (χ0n) is 21.1. The van der Waals surface area contributed by atoms with E-state index in [1.54, 1.807) is 49.5 Å². The van der Waals surface area contributed by atoms with Gasteiger partial charge in [-0.1, -0.05) is 0 Å². The van der Waals surface area contributed by atoms with Gasteiger partial charge < -0.3 is 29.0 Å². The molecule has 0 radical (unpaired) electrons. The number of hydrogen-bond donors (Lipinski definition) is 2. The van der Waals surface area contributed by atoms with Gasteiger partial charge in [-0.3, -0.25) is 10.1 Å². The lowest BCUT2D eigenvalue weighted by molar-refractivity contribution is 0.0660. The molecule has 0 spiro atoms. The molecule has 1 aliphatic heterocycles. The number of amides is 1. The number of carbonyl (C=O) groups excluding carboxylic acids is 1. The number of guanidine groups is 1. The Kier molecular flexibility index (Phi) is 8.18. The van der Waals surface area contributed by atoms with Crippen LogP contribution < -0.4 is 20.1 Å². The van der Waals surface area contributed by atoms with E-state index in [2.05, 4.69) is 25.6 Å². The molecule has 0 bridgehead atoms. The number of hydrogen-bond acceptors (Lipinski definition) is 7. The summed E-state index contributed by atoms with van der Waals surface area (Å²) in [6.07, 6.45) is 1.49. The van der Waals surface area contributed by atoms with Crippen molar-refractivity contribution in [2.75, 3.05) is 51.0 Å². The SMILES string of the molecule is COc1ccc(NC(=S)/N=C(/Nc2nc(C)cc(C)n2)N2CCN(C(=O)c3ccco3)CC2)c(OC)c1. The molecule has 0 aliphatic carbocycles. The monoisotopic (exact) mass is 523 g/mol. The van der Waals surface area contributed by atoms with Crippen LogP contribution in [0.25, 0.3) is 0 Å². The first-order valence-corrected chi connectivity index (χ1v) is 12.1. The van der Waals surface area contributed by atoms with Crippen LogP contribution in [0.2, 0.25) is 0 Å². The lowest BCUT2D eigenvalue weighted by atomic mass is 10.2. The van der Waals surface area contributed by atoms with Gasteiger partial charge in [0.25, 0.3) is 5.91 Å². The maximum Gasteiger partial charge on any atom is 0.289 e. The summed E-state index contributed by atoms with van der Waals surface area (Å²) in [7, 11) is 3.16. The number of piperazine rings is 1. The topological polar surface area (TPSA) is 117 Å². The van der Waals surface area contributed by atoms with E-state index in [9.17, 15) is 4.79 Å². The number of anilines is 2. The largest absolute Gasteiger partial charge is 0.497 e. The van der Waals surface area contributed by atoms with E-state index in [-0.39, 0.29) is 11.0 Å². The minimum absolute atomic E-state index is 0.141. The molecule has 2 N–H and O–H groups in total. The first-order chi connectivity index (χ1) is 17.9. The van der Waals surface area contributed by atoms with Crippen molar-refractivity contribution >= 4 is 40.8 Å². The third kappa shape index (κ3) is 6.53. The van der Waals surface area contributed by atoms with Crippen molar-refractivity contribution in [3.63, 3.8) is 0 Å². The van der Waals surface area contributed by atoms with Gasteiger partial charge in [0.15, 0.2) is 5.76 Å². The van der Waals surface area contributed by atoms with Gasteiger partial charge in [0.05, 0.1) is 26.2 Å². The van der Waals surface area contributed by atoms with Crippen LogP contribution in [0.4, 0.5) is 11.6 Å². The smallest absolute Gasteiger partial charge is 0.289 e. The van der Waals surface area contributed by atoms with E-state index in [4.69, 9.17) is 26.1 Å². The summed E-state index contributed by atoms with van der Waals surface area (Å²) in [5.74, 6) is 2.29. The van der Waals surface area contributed by atoms with Crippen LogP contribution in [0.1, 0.15) is 21.9 Å². The van der Waals surface area contributed by atoms with Gasteiger partial charge in [0, 0.05) is 43.6 Å². The number of aromatic nitrogens is 2. The third-order valence-electron chi connectivity index (χ3n) is 5.66. The molecule has 2 aromatic heterocycles. The first-order valence-electron chi connectivity index (χ1n) is 11.6. The maximum atomic E-state index is 12.7. The molecular weight excluding hydrogens is 494 g/mol. The molecule has 1 aromatic carbocycles. The van der Waals surface area contributed by atoms with Gasteiger partial charge in [-0.15, -0.1) is 0 Å². The highest BCUT2D eigenvalue weighted by Crippen LogP contribution is 2.29. The highest BCUT2D eigenvalue weighted by atomic mass is 32.1. The quantitative estimate of drug-likeness (QED) is 0.293. The highest BCUT2D eigenvalue weighted by Gasteiger charge is 2.26. The summed E-state index contributed by atoms with van der Waals surface area (Å²) < 4.78 is 16.0. The number of thiocarbonyl (C=S) groups is 1. The number of aliphatic imine (C=N–C) groups is 1. The molecule has 0 atom stereocenters. The van der Waals surface area contributed by atoms with E-state index in [0.29, 0.717) is 61.0 Å². The minimum atomic E-state index is -0.141. The van der Waals surface area contributed by atoms with Crippen molar-refractivity contribution in [2.24, 2.45) is 4.99 Å². The molecule has 37 heavy (non-hydrogen) atoms. The van der Waals surface area contributed by atoms with Crippen molar-refractivity contribution in [2.45, 2.75) is 13.8 Å². The number of furan rings is 1. The van der Waals surface area contributed by atoms with Gasteiger partial charge >= 0.3 is 0 Å². The molecule has 1 fully saturated rings. The van der Waals surface area contributed by atoms with E-state index < -0.39 is 0 Å². The second kappa shape index (κ2) is 11.7. The molecule has 1 amide bonds. The fourth-order valence-corrected chi connectivity index (χ4v) is 4.07. The van der Waals surface area contributed by atoms with Crippen LogP contribution in [0, 0.1) is 13.8 Å². The fourth-order valence-electron chi connectivity index (χ4n) is 3.88. The third-order valence-corrected chi connectivity index (χ3v) is 5.86. The minimum Gasteiger partial charge on any atom is -0.497 e. The average Bonchev–Trinajstić information content (AvgIpc) is 3.43. The van der Waals surface area contributed by atoms with E-state index in [1.807, 2.05) is 24.8 Å². The molecule has 1 aliphatic rings. The Morgan fingerprint density at radius 1 is 1.00 bits per heavy atom. The Labute approximate surface area is 220 Å². The lowest BCUT2D eigenvalue weighted by Crippen LogP contribution is -2.52. The highest BCUT2D eigenvalue weighted by molar-refractivity contribution is 7.80. The number of benzene rings is 1. The molecule has 12 heteroatoms. The van der Waals surface area contributed by atoms with Crippen molar-refractivity contribution in [1.82, 2.24) is 19.8 Å². The van der Waals surface area contributed by atoms with Crippen molar-refractivity contribution < 1.29 is 18.7 Å². The van der Waals surface area contributed by atoms with Crippen molar-refractivity contribution in [3.8, 4) is 11.5 Å². The number of methoxy groups -OCH3 is 2. The predicted octanol–water partition coefficient (Wildman–Crippen LogP) is 3.33. The molecule has 3 heterocycles. The Balaban J connectivity index is 1.54. The van der Waals surface area contributed by atoms with E-state index >= 15 is 0 Å². The number of aryl methyl sites for hydroxylation is 2. The van der Waals surface area contributed by atoms with Crippen LogP contribution in [-0.2, 0) is 0 Å². The summed E-state index contributed by atoms with van der Waals surface area (Å²) in [5, 5.41) is 6.55. The molecule has 11 nitrogen and oxygen atoms in total. The van der Waals surface area contributed by atoms with Crippen LogP contribution >= 0.6 is 12.2 Å². The maximum absolute atomic E-state index is 12.7. The number of nitrogens with zero attached hydrogens (tertiary/aromatic N) is 5. The van der Waals surface area contributed by atoms with Crippen molar-refractivity contribution in [3.05, 3.63) is 59.8 Å². The zero-order valence-corrected chi connectivity index (χ0v) is 22.0.